The molecule has 0 radical (unpaired) electrons. The normalized spacial score (nSPS) is 11.1. The monoisotopic (exact) mass is 584 g/mol. The fourth-order valence-electron chi connectivity index (χ4n) is 4.28. The Morgan fingerprint density at radius 3 is 2.02 bits per heavy atom. The van der Waals surface area contributed by atoms with Crippen LogP contribution in [0.5, 0.6) is 17.2 Å². The number of nitrogens with zero attached hydrogens (tertiary/aromatic N) is 2. The van der Waals surface area contributed by atoms with E-state index in [1.165, 1.54) is 45.6 Å². The van der Waals surface area contributed by atoms with Crippen molar-refractivity contribution in [1.29, 1.82) is 0 Å². The van der Waals surface area contributed by atoms with Crippen molar-refractivity contribution in [1.82, 2.24) is 9.97 Å². The summed E-state index contributed by atoms with van der Waals surface area (Å²) in [5.74, 6) is 1.30. The van der Waals surface area contributed by atoms with Gasteiger partial charge in [0.15, 0.2) is 5.82 Å². The van der Waals surface area contributed by atoms with E-state index in [1.807, 2.05) is 13.0 Å². The number of rotatable bonds is 9. The predicted octanol–water partition coefficient (Wildman–Crippen LogP) is 5.68. The molecule has 0 saturated carbocycles. The van der Waals surface area contributed by atoms with Crippen molar-refractivity contribution in [2.45, 2.75) is 11.8 Å². The molecule has 214 valence electrons. The second kappa shape index (κ2) is 11.8. The maximum Gasteiger partial charge on any atom is 0.263 e. The summed E-state index contributed by atoms with van der Waals surface area (Å²) in [6, 6.07) is 23.3. The summed E-state index contributed by atoms with van der Waals surface area (Å²) in [4.78, 5) is 22.0. The molecule has 42 heavy (non-hydrogen) atoms. The zero-order valence-corrected chi connectivity index (χ0v) is 24.2. The number of sulfonamides is 1. The number of benzene rings is 4. The van der Waals surface area contributed by atoms with E-state index in [1.54, 1.807) is 54.6 Å². The Kier molecular flexibility index (Phi) is 7.94. The summed E-state index contributed by atoms with van der Waals surface area (Å²) in [6.07, 6.45) is 0. The Morgan fingerprint density at radius 1 is 0.762 bits per heavy atom. The fraction of sp³-hybridized carbons (Fsp3) is 0.129. The SMILES string of the molecule is COc1cc(OC)cc(-c2nc3ccccc3nc2NS(=O)(=O)c2ccc(NC(=O)c3ccc(C)c(OC)c3)cc2)c1. The molecule has 0 aliphatic heterocycles. The van der Waals surface area contributed by atoms with Gasteiger partial charge in [-0.2, -0.15) is 0 Å². The second-order valence-corrected chi connectivity index (χ2v) is 11.0. The third kappa shape index (κ3) is 5.96. The molecule has 1 heterocycles. The van der Waals surface area contributed by atoms with E-state index in [-0.39, 0.29) is 16.6 Å². The van der Waals surface area contributed by atoms with E-state index in [2.05, 4.69) is 15.0 Å². The first-order valence-electron chi connectivity index (χ1n) is 12.8. The topological polar surface area (TPSA) is 129 Å². The molecular weight excluding hydrogens is 556 g/mol. The highest BCUT2D eigenvalue weighted by Gasteiger charge is 2.21. The van der Waals surface area contributed by atoms with Crippen LogP contribution < -0.4 is 24.2 Å². The Bertz CT molecular complexity index is 1870. The highest BCUT2D eigenvalue weighted by atomic mass is 32.2. The number of hydrogen-bond acceptors (Lipinski definition) is 8. The Labute approximate surface area is 243 Å². The summed E-state index contributed by atoms with van der Waals surface area (Å²) in [6.45, 7) is 1.88. The molecule has 11 heteroatoms. The van der Waals surface area contributed by atoms with Gasteiger partial charge in [0.1, 0.15) is 22.9 Å². The van der Waals surface area contributed by atoms with Gasteiger partial charge in [-0.15, -0.1) is 0 Å². The largest absolute Gasteiger partial charge is 0.497 e. The average molecular weight is 585 g/mol. The smallest absolute Gasteiger partial charge is 0.263 e. The van der Waals surface area contributed by atoms with Crippen LogP contribution in [0.15, 0.2) is 89.8 Å². The van der Waals surface area contributed by atoms with Crippen LogP contribution in [-0.4, -0.2) is 45.6 Å². The molecule has 0 unspecified atom stereocenters. The number of para-hydroxylation sites is 2. The van der Waals surface area contributed by atoms with Gasteiger partial charge >= 0.3 is 0 Å². The Hall–Kier alpha value is -5.16. The molecule has 0 saturated heterocycles. The zero-order chi connectivity index (χ0) is 29.9. The van der Waals surface area contributed by atoms with Crippen molar-refractivity contribution in [3.8, 4) is 28.5 Å². The third-order valence-corrected chi connectivity index (χ3v) is 7.87. The molecule has 0 atom stereocenters. The summed E-state index contributed by atoms with van der Waals surface area (Å²) in [5.41, 5.74) is 3.68. The van der Waals surface area contributed by atoms with Gasteiger partial charge in [-0.25, -0.2) is 18.4 Å². The van der Waals surface area contributed by atoms with Crippen molar-refractivity contribution in [2.75, 3.05) is 31.4 Å². The number of aryl methyl sites for hydroxylation is 1. The number of fused-ring (bicyclic) bond motifs is 1. The molecule has 0 aliphatic rings. The molecule has 5 aromatic rings. The lowest BCUT2D eigenvalue weighted by molar-refractivity contribution is 0.102. The zero-order valence-electron chi connectivity index (χ0n) is 23.3. The highest BCUT2D eigenvalue weighted by molar-refractivity contribution is 7.92. The summed E-state index contributed by atoms with van der Waals surface area (Å²) in [5, 5.41) is 2.77. The van der Waals surface area contributed by atoms with E-state index >= 15 is 0 Å². The quantitative estimate of drug-likeness (QED) is 0.226. The van der Waals surface area contributed by atoms with E-state index in [9.17, 15) is 13.2 Å². The number of anilines is 2. The number of amides is 1. The molecule has 1 amide bonds. The minimum absolute atomic E-state index is 0.0263. The van der Waals surface area contributed by atoms with Crippen molar-refractivity contribution in [3.05, 3.63) is 96.1 Å². The second-order valence-electron chi connectivity index (χ2n) is 9.28. The average Bonchev–Trinajstić information content (AvgIpc) is 3.00. The van der Waals surface area contributed by atoms with E-state index in [0.29, 0.717) is 50.8 Å². The Morgan fingerprint density at radius 2 is 1.40 bits per heavy atom. The molecule has 1 aromatic heterocycles. The van der Waals surface area contributed by atoms with Crippen molar-refractivity contribution in [2.24, 2.45) is 0 Å². The van der Waals surface area contributed by atoms with Crippen LogP contribution in [0.3, 0.4) is 0 Å². The summed E-state index contributed by atoms with van der Waals surface area (Å²) < 4.78 is 45.7. The number of hydrogen-bond donors (Lipinski definition) is 2. The summed E-state index contributed by atoms with van der Waals surface area (Å²) in [7, 11) is 0.491. The van der Waals surface area contributed by atoms with Crippen LogP contribution in [0.25, 0.3) is 22.3 Å². The standard InChI is InChI=1S/C31H28N4O6S/c1-19-9-10-20(17-28(19)41-4)31(36)32-22-11-13-25(14-12-22)42(37,38)35-30-29(33-26-7-5-6-8-27(26)34-30)21-15-23(39-2)18-24(16-21)40-3/h5-18H,1-4H3,(H,32,36)(H,34,35). The molecule has 4 aromatic carbocycles. The molecule has 0 aliphatic carbocycles. The highest BCUT2D eigenvalue weighted by Crippen LogP contribution is 2.34. The molecule has 2 N–H and O–H groups in total. The lowest BCUT2D eigenvalue weighted by atomic mass is 10.1. The maximum absolute atomic E-state index is 13.5. The minimum atomic E-state index is -4.10. The van der Waals surface area contributed by atoms with Gasteiger partial charge in [0.25, 0.3) is 15.9 Å². The lowest BCUT2D eigenvalue weighted by Crippen LogP contribution is -2.16. The molecule has 0 spiro atoms. The van der Waals surface area contributed by atoms with Crippen LogP contribution >= 0.6 is 0 Å². The number of carbonyl (C=O) groups excluding carboxylic acids is 1. The number of methoxy groups -OCH3 is 3. The van der Waals surface area contributed by atoms with Crippen molar-refractivity contribution < 1.29 is 27.4 Å². The lowest BCUT2D eigenvalue weighted by Gasteiger charge is -2.14. The van der Waals surface area contributed by atoms with Crippen LogP contribution in [0.2, 0.25) is 0 Å². The number of nitrogens with one attached hydrogen (secondary N) is 2. The molecule has 10 nitrogen and oxygen atoms in total. The van der Waals surface area contributed by atoms with Gasteiger partial charge in [0.05, 0.1) is 37.3 Å². The maximum atomic E-state index is 13.5. The van der Waals surface area contributed by atoms with Crippen molar-refractivity contribution >= 4 is 38.5 Å². The summed E-state index contributed by atoms with van der Waals surface area (Å²) >= 11 is 0. The first-order chi connectivity index (χ1) is 20.2. The van der Waals surface area contributed by atoms with E-state index < -0.39 is 10.0 Å². The van der Waals surface area contributed by atoms with Gasteiger partial charge in [-0.3, -0.25) is 9.52 Å². The minimum Gasteiger partial charge on any atom is -0.497 e. The van der Waals surface area contributed by atoms with E-state index in [4.69, 9.17) is 19.2 Å². The van der Waals surface area contributed by atoms with Crippen molar-refractivity contribution in [3.63, 3.8) is 0 Å². The van der Waals surface area contributed by atoms with Gasteiger partial charge < -0.3 is 19.5 Å². The van der Waals surface area contributed by atoms with Crippen LogP contribution in [0, 0.1) is 6.92 Å². The van der Waals surface area contributed by atoms with Crippen LogP contribution in [0.4, 0.5) is 11.5 Å². The van der Waals surface area contributed by atoms with Gasteiger partial charge in [0.2, 0.25) is 0 Å². The number of carbonyl (C=O) groups is 1. The first-order valence-corrected chi connectivity index (χ1v) is 14.3. The Balaban J connectivity index is 1.45. The van der Waals surface area contributed by atoms with Gasteiger partial charge in [-0.05, 0) is 73.2 Å². The third-order valence-electron chi connectivity index (χ3n) is 6.52. The molecule has 0 bridgehead atoms. The number of ether oxygens (including phenoxy) is 3. The number of aromatic nitrogens is 2. The van der Waals surface area contributed by atoms with Crippen LogP contribution in [0.1, 0.15) is 15.9 Å². The molecule has 5 rings (SSSR count). The van der Waals surface area contributed by atoms with Gasteiger partial charge in [0, 0.05) is 22.9 Å². The fourth-order valence-corrected chi connectivity index (χ4v) is 5.29. The van der Waals surface area contributed by atoms with E-state index in [0.717, 1.165) is 5.56 Å². The molecular formula is C31H28N4O6S. The molecule has 0 fully saturated rings. The first kappa shape index (κ1) is 28.4. The van der Waals surface area contributed by atoms with Crippen LogP contribution in [-0.2, 0) is 10.0 Å². The predicted molar refractivity (Wildman–Crippen MR) is 161 cm³/mol. The van der Waals surface area contributed by atoms with Gasteiger partial charge in [-0.1, -0.05) is 18.2 Å².